The monoisotopic (exact) mass is 295 g/mol. The summed E-state index contributed by atoms with van der Waals surface area (Å²) in [6.45, 7) is 12.7. The average molecular weight is 296 g/mol. The fourth-order valence-electron chi connectivity index (χ4n) is 1.60. The van der Waals surface area contributed by atoms with Crippen LogP contribution in [0.2, 0.25) is 23.2 Å². The van der Waals surface area contributed by atoms with E-state index < -0.39 is 14.4 Å². The molecule has 1 aromatic carbocycles. The van der Waals surface area contributed by atoms with Crippen molar-refractivity contribution in [2.75, 3.05) is 0 Å². The maximum Gasteiger partial charge on any atom is 0.194 e. The highest BCUT2D eigenvalue weighted by atomic mass is 35.5. The van der Waals surface area contributed by atoms with Crippen molar-refractivity contribution < 1.29 is 4.43 Å². The van der Waals surface area contributed by atoms with E-state index in [1.807, 2.05) is 25.1 Å². The third-order valence-corrected chi connectivity index (χ3v) is 8.64. The van der Waals surface area contributed by atoms with Crippen LogP contribution in [0.25, 0.3) is 0 Å². The zero-order valence-electron chi connectivity index (χ0n) is 12.5. The highest BCUT2D eigenvalue weighted by Gasteiger charge is 2.40. The summed E-state index contributed by atoms with van der Waals surface area (Å²) >= 11 is 6.23. The lowest BCUT2D eigenvalue weighted by molar-refractivity contribution is 0.235. The molecular formula is C15H22ClNOSi. The number of hydrogen-bond donors (Lipinski definition) is 0. The Hall–Kier alpha value is -0.823. The summed E-state index contributed by atoms with van der Waals surface area (Å²) in [6, 6.07) is 7.91. The summed E-state index contributed by atoms with van der Waals surface area (Å²) in [4.78, 5) is 0. The third kappa shape index (κ3) is 3.59. The Morgan fingerprint density at radius 2 is 1.89 bits per heavy atom. The van der Waals surface area contributed by atoms with Crippen molar-refractivity contribution in [3.8, 4) is 6.07 Å². The highest BCUT2D eigenvalue weighted by Crippen LogP contribution is 2.41. The first-order valence-corrected chi connectivity index (χ1v) is 9.71. The molecule has 0 aliphatic carbocycles. The second-order valence-corrected chi connectivity index (χ2v) is 11.5. The van der Waals surface area contributed by atoms with Crippen LogP contribution in [-0.4, -0.2) is 8.32 Å². The molecule has 0 radical (unpaired) electrons. The molecule has 0 aliphatic heterocycles. The lowest BCUT2D eigenvalue weighted by Gasteiger charge is -2.38. The Morgan fingerprint density at radius 1 is 1.32 bits per heavy atom. The minimum Gasteiger partial charge on any atom is -0.398 e. The van der Waals surface area contributed by atoms with Gasteiger partial charge in [0.15, 0.2) is 14.4 Å². The molecule has 0 aromatic heterocycles. The lowest BCUT2D eigenvalue weighted by Crippen LogP contribution is -2.41. The van der Waals surface area contributed by atoms with Gasteiger partial charge in [-0.05, 0) is 36.7 Å². The zero-order valence-corrected chi connectivity index (χ0v) is 14.3. The fourth-order valence-corrected chi connectivity index (χ4v) is 3.03. The largest absolute Gasteiger partial charge is 0.398 e. The Kier molecular flexibility index (Phi) is 4.84. The van der Waals surface area contributed by atoms with E-state index in [2.05, 4.69) is 39.9 Å². The molecule has 0 fully saturated rings. The van der Waals surface area contributed by atoms with Crippen LogP contribution in [0.4, 0.5) is 0 Å². The molecule has 1 aromatic rings. The molecule has 1 rings (SSSR count). The molecule has 0 saturated heterocycles. The van der Waals surface area contributed by atoms with Gasteiger partial charge < -0.3 is 4.43 Å². The van der Waals surface area contributed by atoms with E-state index in [0.717, 1.165) is 11.1 Å². The topological polar surface area (TPSA) is 33.0 Å². The van der Waals surface area contributed by atoms with Crippen LogP contribution in [0.1, 0.15) is 38.0 Å². The van der Waals surface area contributed by atoms with Gasteiger partial charge in [-0.2, -0.15) is 5.26 Å². The molecule has 0 heterocycles. The molecular weight excluding hydrogens is 274 g/mol. The van der Waals surface area contributed by atoms with Crippen LogP contribution in [0.5, 0.6) is 0 Å². The van der Waals surface area contributed by atoms with E-state index in [-0.39, 0.29) is 5.04 Å². The van der Waals surface area contributed by atoms with Gasteiger partial charge >= 0.3 is 0 Å². The maximum absolute atomic E-state index is 9.45. The van der Waals surface area contributed by atoms with Crippen LogP contribution in [0, 0.1) is 18.3 Å². The normalized spacial score (nSPS) is 14.0. The van der Waals surface area contributed by atoms with Gasteiger partial charge in [0, 0.05) is 10.6 Å². The number of aryl methyl sites for hydroxylation is 1. The molecule has 104 valence electrons. The average Bonchev–Trinajstić information content (AvgIpc) is 2.25. The van der Waals surface area contributed by atoms with E-state index in [0.29, 0.717) is 5.02 Å². The summed E-state index contributed by atoms with van der Waals surface area (Å²) in [5.74, 6) is 0. The maximum atomic E-state index is 9.45. The molecule has 0 saturated carbocycles. The second-order valence-electron chi connectivity index (χ2n) is 6.36. The van der Waals surface area contributed by atoms with Crippen LogP contribution in [0.15, 0.2) is 18.2 Å². The number of hydrogen-bond acceptors (Lipinski definition) is 2. The van der Waals surface area contributed by atoms with Gasteiger partial charge in [0.05, 0.1) is 6.07 Å². The van der Waals surface area contributed by atoms with Gasteiger partial charge in [-0.1, -0.05) is 44.5 Å². The first-order chi connectivity index (χ1) is 8.60. The fraction of sp³-hybridized carbons (Fsp3) is 0.533. The SMILES string of the molecule is Cc1cccc(Cl)c1C(C#N)O[Si](C)(C)C(C)(C)C. The van der Waals surface area contributed by atoms with Crippen molar-refractivity contribution in [2.45, 2.75) is 51.9 Å². The summed E-state index contributed by atoms with van der Waals surface area (Å²) in [7, 11) is -2.00. The van der Waals surface area contributed by atoms with Crippen molar-refractivity contribution >= 4 is 19.9 Å². The number of nitriles is 1. The van der Waals surface area contributed by atoms with E-state index in [9.17, 15) is 5.26 Å². The van der Waals surface area contributed by atoms with Gasteiger partial charge in [-0.15, -0.1) is 0 Å². The highest BCUT2D eigenvalue weighted by molar-refractivity contribution is 6.74. The minimum absolute atomic E-state index is 0.0667. The van der Waals surface area contributed by atoms with E-state index in [1.165, 1.54) is 0 Å². The van der Waals surface area contributed by atoms with Crippen molar-refractivity contribution in [3.63, 3.8) is 0 Å². The predicted molar refractivity (Wildman–Crippen MR) is 82.8 cm³/mol. The van der Waals surface area contributed by atoms with Crippen LogP contribution in [0.3, 0.4) is 0 Å². The molecule has 0 N–H and O–H groups in total. The zero-order chi connectivity index (χ0) is 14.8. The van der Waals surface area contributed by atoms with Gasteiger partial charge in [0.25, 0.3) is 0 Å². The van der Waals surface area contributed by atoms with E-state index >= 15 is 0 Å². The smallest absolute Gasteiger partial charge is 0.194 e. The summed E-state index contributed by atoms with van der Waals surface area (Å²) in [5, 5.41) is 10.1. The van der Waals surface area contributed by atoms with Crippen LogP contribution >= 0.6 is 11.6 Å². The van der Waals surface area contributed by atoms with Crippen LogP contribution < -0.4 is 0 Å². The number of halogens is 1. The van der Waals surface area contributed by atoms with Crippen molar-refractivity contribution in [2.24, 2.45) is 0 Å². The quantitative estimate of drug-likeness (QED) is 0.715. The Bertz CT molecular complexity index is 480. The van der Waals surface area contributed by atoms with Crippen molar-refractivity contribution in [3.05, 3.63) is 34.3 Å². The van der Waals surface area contributed by atoms with Crippen molar-refractivity contribution in [1.29, 1.82) is 5.26 Å². The van der Waals surface area contributed by atoms with Gasteiger partial charge in [0.1, 0.15) is 0 Å². The van der Waals surface area contributed by atoms with Crippen molar-refractivity contribution in [1.82, 2.24) is 0 Å². The molecule has 0 bridgehead atoms. The summed E-state index contributed by atoms with van der Waals surface area (Å²) in [6.07, 6.45) is -0.588. The molecule has 0 amide bonds. The number of rotatable bonds is 3. The standard InChI is InChI=1S/C15H22ClNOSi/c1-11-8-7-9-12(16)14(11)13(10-17)18-19(5,6)15(2,3)4/h7-9,13H,1-6H3. The van der Waals surface area contributed by atoms with Gasteiger partial charge in [0.2, 0.25) is 0 Å². The summed E-state index contributed by atoms with van der Waals surface area (Å²) < 4.78 is 6.19. The lowest BCUT2D eigenvalue weighted by atomic mass is 10.0. The number of benzene rings is 1. The Morgan fingerprint density at radius 3 is 2.32 bits per heavy atom. The number of nitrogens with zero attached hydrogens (tertiary/aromatic N) is 1. The molecule has 1 unspecified atom stereocenters. The molecule has 0 aliphatic rings. The third-order valence-electron chi connectivity index (χ3n) is 3.87. The Balaban J connectivity index is 3.14. The van der Waals surface area contributed by atoms with Gasteiger partial charge in [-0.25, -0.2) is 0 Å². The molecule has 19 heavy (non-hydrogen) atoms. The van der Waals surface area contributed by atoms with E-state index in [4.69, 9.17) is 16.0 Å². The summed E-state index contributed by atoms with van der Waals surface area (Å²) in [5.41, 5.74) is 1.80. The van der Waals surface area contributed by atoms with E-state index in [1.54, 1.807) is 0 Å². The predicted octanol–water partition coefficient (Wildman–Crippen LogP) is 5.23. The first kappa shape index (κ1) is 16.2. The van der Waals surface area contributed by atoms with Gasteiger partial charge in [-0.3, -0.25) is 0 Å². The molecule has 2 nitrogen and oxygen atoms in total. The minimum atomic E-state index is -2.00. The molecule has 0 spiro atoms. The first-order valence-electron chi connectivity index (χ1n) is 6.42. The Labute approximate surface area is 122 Å². The molecule has 1 atom stereocenters. The second kappa shape index (κ2) is 5.66. The molecule has 4 heteroatoms. The van der Waals surface area contributed by atoms with Crippen LogP contribution in [-0.2, 0) is 4.43 Å².